The van der Waals surface area contributed by atoms with Crippen LogP contribution in [0.15, 0.2) is 18.2 Å². The molecule has 0 radical (unpaired) electrons. The molecule has 0 spiro atoms. The average molecular weight is 244 g/mol. The van der Waals surface area contributed by atoms with E-state index < -0.39 is 0 Å². The van der Waals surface area contributed by atoms with Crippen LogP contribution in [0.3, 0.4) is 0 Å². The molecule has 3 heteroatoms. The number of nitrogens with two attached hydrogens (primary N) is 1. The Labute approximate surface area is 105 Å². The maximum atomic E-state index is 5.96. The topological polar surface area (TPSA) is 35.2 Å². The van der Waals surface area contributed by atoms with Gasteiger partial charge in [-0.25, -0.2) is 0 Å². The molecule has 1 aromatic carbocycles. The lowest BCUT2D eigenvalue weighted by Gasteiger charge is -2.14. The van der Waals surface area contributed by atoms with Crippen molar-refractivity contribution in [2.75, 3.05) is 6.61 Å². The summed E-state index contributed by atoms with van der Waals surface area (Å²) in [5, 5.41) is 0. The number of aryl methyl sites for hydroxylation is 1. The molecule has 1 rings (SSSR count). The van der Waals surface area contributed by atoms with E-state index in [2.05, 4.69) is 26.0 Å². The first-order valence-corrected chi connectivity index (χ1v) is 5.65. The van der Waals surface area contributed by atoms with Crippen LogP contribution in [0.5, 0.6) is 5.75 Å². The van der Waals surface area contributed by atoms with E-state index in [-0.39, 0.29) is 18.4 Å². The second-order valence-electron chi connectivity index (χ2n) is 3.92. The van der Waals surface area contributed by atoms with Crippen molar-refractivity contribution in [3.05, 3.63) is 29.3 Å². The molecule has 0 fully saturated rings. The SMILES string of the molecule is CCOc1ccc(C)cc1CC(N)CC.Cl. The Kier molecular flexibility index (Phi) is 7.18. The first kappa shape index (κ1) is 15.3. The van der Waals surface area contributed by atoms with Crippen LogP contribution in [0, 0.1) is 6.92 Å². The highest BCUT2D eigenvalue weighted by molar-refractivity contribution is 5.85. The molecule has 0 bridgehead atoms. The molecule has 2 nitrogen and oxygen atoms in total. The Morgan fingerprint density at radius 1 is 1.31 bits per heavy atom. The fraction of sp³-hybridized carbons (Fsp3) is 0.538. The van der Waals surface area contributed by atoms with Gasteiger partial charge in [0, 0.05) is 6.04 Å². The molecule has 0 aliphatic heterocycles. The fourth-order valence-electron chi connectivity index (χ4n) is 1.59. The van der Waals surface area contributed by atoms with Crippen molar-refractivity contribution in [1.29, 1.82) is 0 Å². The Bertz CT molecular complexity index is 315. The maximum absolute atomic E-state index is 5.96. The normalized spacial score (nSPS) is 11.8. The van der Waals surface area contributed by atoms with Gasteiger partial charge in [0.25, 0.3) is 0 Å². The van der Waals surface area contributed by atoms with E-state index in [1.807, 2.05) is 13.0 Å². The van der Waals surface area contributed by atoms with Gasteiger partial charge in [0.15, 0.2) is 0 Å². The summed E-state index contributed by atoms with van der Waals surface area (Å²) in [7, 11) is 0. The third-order valence-corrected chi connectivity index (χ3v) is 2.52. The summed E-state index contributed by atoms with van der Waals surface area (Å²) in [6.45, 7) is 6.92. The molecule has 0 saturated carbocycles. The minimum absolute atomic E-state index is 0. The molecule has 1 atom stereocenters. The molecular weight excluding hydrogens is 222 g/mol. The van der Waals surface area contributed by atoms with Crippen molar-refractivity contribution in [2.45, 2.75) is 39.7 Å². The second kappa shape index (κ2) is 7.53. The smallest absolute Gasteiger partial charge is 0.122 e. The number of rotatable bonds is 5. The lowest BCUT2D eigenvalue weighted by atomic mass is 10.0. The van der Waals surface area contributed by atoms with Gasteiger partial charge in [-0.3, -0.25) is 0 Å². The molecule has 0 saturated heterocycles. The van der Waals surface area contributed by atoms with Crippen molar-refractivity contribution in [3.8, 4) is 5.75 Å². The molecule has 0 aliphatic rings. The van der Waals surface area contributed by atoms with Gasteiger partial charge in [-0.2, -0.15) is 0 Å². The van der Waals surface area contributed by atoms with E-state index >= 15 is 0 Å². The van der Waals surface area contributed by atoms with Gasteiger partial charge in [0.05, 0.1) is 6.61 Å². The maximum Gasteiger partial charge on any atom is 0.122 e. The van der Waals surface area contributed by atoms with Crippen LogP contribution in [0.2, 0.25) is 0 Å². The molecule has 92 valence electrons. The summed E-state index contributed by atoms with van der Waals surface area (Å²) < 4.78 is 5.58. The van der Waals surface area contributed by atoms with Crippen molar-refractivity contribution < 1.29 is 4.74 Å². The highest BCUT2D eigenvalue weighted by Crippen LogP contribution is 2.21. The Balaban J connectivity index is 0.00000225. The molecule has 0 aliphatic carbocycles. The summed E-state index contributed by atoms with van der Waals surface area (Å²) in [5.41, 5.74) is 8.45. The van der Waals surface area contributed by atoms with Crippen LogP contribution < -0.4 is 10.5 Å². The summed E-state index contributed by atoms with van der Waals surface area (Å²) in [5.74, 6) is 0.979. The lowest BCUT2D eigenvalue weighted by Crippen LogP contribution is -2.21. The lowest BCUT2D eigenvalue weighted by molar-refractivity contribution is 0.335. The van der Waals surface area contributed by atoms with E-state index in [0.29, 0.717) is 6.61 Å². The van der Waals surface area contributed by atoms with Crippen LogP contribution in [0.4, 0.5) is 0 Å². The highest BCUT2D eigenvalue weighted by Gasteiger charge is 2.07. The summed E-state index contributed by atoms with van der Waals surface area (Å²) >= 11 is 0. The molecular formula is C13H22ClNO. The van der Waals surface area contributed by atoms with E-state index in [0.717, 1.165) is 18.6 Å². The van der Waals surface area contributed by atoms with Crippen LogP contribution in [-0.4, -0.2) is 12.6 Å². The number of benzene rings is 1. The predicted octanol–water partition coefficient (Wildman–Crippen LogP) is 3.10. The van der Waals surface area contributed by atoms with E-state index in [1.165, 1.54) is 11.1 Å². The Morgan fingerprint density at radius 2 is 2.00 bits per heavy atom. The van der Waals surface area contributed by atoms with Crippen molar-refractivity contribution in [2.24, 2.45) is 5.73 Å². The van der Waals surface area contributed by atoms with Crippen LogP contribution in [0.1, 0.15) is 31.4 Å². The van der Waals surface area contributed by atoms with Crippen LogP contribution in [0.25, 0.3) is 0 Å². The Morgan fingerprint density at radius 3 is 2.56 bits per heavy atom. The van der Waals surface area contributed by atoms with Gasteiger partial charge in [-0.05, 0) is 38.3 Å². The highest BCUT2D eigenvalue weighted by atomic mass is 35.5. The van der Waals surface area contributed by atoms with Gasteiger partial charge in [-0.1, -0.05) is 24.6 Å². The van der Waals surface area contributed by atoms with Gasteiger partial charge < -0.3 is 10.5 Å². The number of hydrogen-bond acceptors (Lipinski definition) is 2. The quantitative estimate of drug-likeness (QED) is 0.863. The van der Waals surface area contributed by atoms with E-state index in [9.17, 15) is 0 Å². The first-order chi connectivity index (χ1) is 7.17. The van der Waals surface area contributed by atoms with Crippen molar-refractivity contribution >= 4 is 12.4 Å². The zero-order chi connectivity index (χ0) is 11.3. The first-order valence-electron chi connectivity index (χ1n) is 5.65. The molecule has 2 N–H and O–H groups in total. The minimum Gasteiger partial charge on any atom is -0.494 e. The van der Waals surface area contributed by atoms with Crippen LogP contribution in [-0.2, 0) is 6.42 Å². The number of halogens is 1. The zero-order valence-corrected chi connectivity index (χ0v) is 11.1. The molecule has 0 heterocycles. The largest absolute Gasteiger partial charge is 0.494 e. The zero-order valence-electron chi connectivity index (χ0n) is 10.3. The average Bonchev–Trinajstić information content (AvgIpc) is 2.22. The molecule has 1 unspecified atom stereocenters. The molecule has 1 aromatic rings. The molecule has 16 heavy (non-hydrogen) atoms. The van der Waals surface area contributed by atoms with Gasteiger partial charge in [0.2, 0.25) is 0 Å². The van der Waals surface area contributed by atoms with Crippen LogP contribution >= 0.6 is 12.4 Å². The van der Waals surface area contributed by atoms with Crippen molar-refractivity contribution in [1.82, 2.24) is 0 Å². The molecule has 0 amide bonds. The molecule has 0 aromatic heterocycles. The number of ether oxygens (including phenoxy) is 1. The fourth-order valence-corrected chi connectivity index (χ4v) is 1.59. The summed E-state index contributed by atoms with van der Waals surface area (Å²) in [4.78, 5) is 0. The predicted molar refractivity (Wildman–Crippen MR) is 71.6 cm³/mol. The standard InChI is InChI=1S/C13H21NO.ClH/c1-4-12(14)9-11-8-10(3)6-7-13(11)15-5-2;/h6-8,12H,4-5,9,14H2,1-3H3;1H. The van der Waals surface area contributed by atoms with E-state index in [1.54, 1.807) is 0 Å². The number of hydrogen-bond donors (Lipinski definition) is 1. The third-order valence-electron chi connectivity index (χ3n) is 2.52. The Hall–Kier alpha value is -0.730. The van der Waals surface area contributed by atoms with Crippen molar-refractivity contribution in [3.63, 3.8) is 0 Å². The summed E-state index contributed by atoms with van der Waals surface area (Å²) in [6, 6.07) is 6.51. The third kappa shape index (κ3) is 4.42. The minimum atomic E-state index is 0. The summed E-state index contributed by atoms with van der Waals surface area (Å²) in [6.07, 6.45) is 1.90. The van der Waals surface area contributed by atoms with Gasteiger partial charge in [0.1, 0.15) is 5.75 Å². The van der Waals surface area contributed by atoms with Gasteiger partial charge >= 0.3 is 0 Å². The van der Waals surface area contributed by atoms with Gasteiger partial charge in [-0.15, -0.1) is 12.4 Å². The monoisotopic (exact) mass is 243 g/mol. The van der Waals surface area contributed by atoms with E-state index in [4.69, 9.17) is 10.5 Å². The second-order valence-corrected chi connectivity index (χ2v) is 3.92.